The fourth-order valence-corrected chi connectivity index (χ4v) is 0.935. The van der Waals surface area contributed by atoms with E-state index in [4.69, 9.17) is 5.26 Å². The SMILES string of the molecule is N#Cc1ccccc1OCC(F)(F)C(F)(F)F. The number of nitrogens with zero attached hydrogens (tertiary/aromatic N) is 1. The molecule has 0 heterocycles. The molecule has 2 nitrogen and oxygen atoms in total. The second-order valence-electron chi connectivity index (χ2n) is 3.10. The van der Waals surface area contributed by atoms with Gasteiger partial charge in [0.25, 0.3) is 0 Å². The van der Waals surface area contributed by atoms with Crippen LogP contribution in [0.5, 0.6) is 5.75 Å². The standard InChI is InChI=1S/C10H6F5NO/c11-9(12,10(13,14)15)6-17-8-4-2-1-3-7(8)5-16/h1-4H,6H2. The van der Waals surface area contributed by atoms with Crippen molar-refractivity contribution in [3.05, 3.63) is 29.8 Å². The molecule has 0 atom stereocenters. The normalized spacial score (nSPS) is 12.0. The third-order valence-electron chi connectivity index (χ3n) is 1.83. The van der Waals surface area contributed by atoms with Gasteiger partial charge >= 0.3 is 12.1 Å². The molecule has 92 valence electrons. The average molecular weight is 251 g/mol. The van der Waals surface area contributed by atoms with Gasteiger partial charge in [0.15, 0.2) is 6.61 Å². The molecule has 0 aromatic heterocycles. The van der Waals surface area contributed by atoms with Crippen LogP contribution in [0, 0.1) is 11.3 Å². The zero-order valence-corrected chi connectivity index (χ0v) is 8.26. The van der Waals surface area contributed by atoms with Crippen LogP contribution in [0.15, 0.2) is 24.3 Å². The molecule has 0 amide bonds. The van der Waals surface area contributed by atoms with Gasteiger partial charge in [0.1, 0.15) is 11.8 Å². The van der Waals surface area contributed by atoms with Crippen molar-refractivity contribution >= 4 is 0 Å². The van der Waals surface area contributed by atoms with E-state index < -0.39 is 18.7 Å². The number of benzene rings is 1. The highest BCUT2D eigenvalue weighted by molar-refractivity contribution is 5.42. The summed E-state index contributed by atoms with van der Waals surface area (Å²) in [5.41, 5.74) is -0.106. The smallest absolute Gasteiger partial charge is 0.456 e. The Bertz CT molecular complexity index is 435. The number of hydrogen-bond donors (Lipinski definition) is 0. The Labute approximate surface area is 93.2 Å². The van der Waals surface area contributed by atoms with Crippen molar-refractivity contribution in [1.82, 2.24) is 0 Å². The quantitative estimate of drug-likeness (QED) is 0.773. The van der Waals surface area contributed by atoms with E-state index in [1.165, 1.54) is 18.2 Å². The monoisotopic (exact) mass is 251 g/mol. The Balaban J connectivity index is 2.78. The Morgan fingerprint density at radius 2 is 1.71 bits per heavy atom. The van der Waals surface area contributed by atoms with E-state index in [0.29, 0.717) is 0 Å². The van der Waals surface area contributed by atoms with Gasteiger partial charge in [-0.2, -0.15) is 27.2 Å². The fourth-order valence-electron chi connectivity index (χ4n) is 0.935. The minimum Gasteiger partial charge on any atom is -0.486 e. The van der Waals surface area contributed by atoms with Gasteiger partial charge in [0.2, 0.25) is 0 Å². The molecule has 1 rings (SSSR count). The summed E-state index contributed by atoms with van der Waals surface area (Å²) in [5, 5.41) is 8.57. The highest BCUT2D eigenvalue weighted by Crippen LogP contribution is 2.35. The lowest BCUT2D eigenvalue weighted by Crippen LogP contribution is -2.41. The highest BCUT2D eigenvalue weighted by atomic mass is 19.4. The first kappa shape index (κ1) is 13.2. The maximum absolute atomic E-state index is 12.5. The van der Waals surface area contributed by atoms with Gasteiger partial charge in [0.05, 0.1) is 5.56 Å². The molecule has 7 heteroatoms. The number of rotatable bonds is 3. The van der Waals surface area contributed by atoms with Crippen LogP contribution in [0.4, 0.5) is 22.0 Å². The molecule has 0 aliphatic rings. The number of alkyl halides is 5. The van der Waals surface area contributed by atoms with Crippen molar-refractivity contribution < 1.29 is 26.7 Å². The molecule has 0 N–H and O–H groups in total. The Hall–Kier alpha value is -1.84. The number of hydrogen-bond acceptors (Lipinski definition) is 2. The van der Waals surface area contributed by atoms with E-state index in [1.807, 2.05) is 0 Å². The molecule has 17 heavy (non-hydrogen) atoms. The van der Waals surface area contributed by atoms with Crippen LogP contribution in [0.2, 0.25) is 0 Å². The van der Waals surface area contributed by atoms with Crippen molar-refractivity contribution in [2.75, 3.05) is 6.61 Å². The van der Waals surface area contributed by atoms with Crippen LogP contribution >= 0.6 is 0 Å². The van der Waals surface area contributed by atoms with E-state index in [0.717, 1.165) is 6.07 Å². The lowest BCUT2D eigenvalue weighted by Gasteiger charge is -2.19. The highest BCUT2D eigenvalue weighted by Gasteiger charge is 2.58. The molecule has 0 fully saturated rings. The Morgan fingerprint density at radius 1 is 1.12 bits per heavy atom. The summed E-state index contributed by atoms with van der Waals surface area (Å²) in [6, 6.07) is 6.82. The van der Waals surface area contributed by atoms with Gasteiger partial charge in [-0.15, -0.1) is 0 Å². The molecule has 0 saturated heterocycles. The summed E-state index contributed by atoms with van der Waals surface area (Å²) in [7, 11) is 0. The van der Waals surface area contributed by atoms with Crippen LogP contribution in [0.25, 0.3) is 0 Å². The largest absolute Gasteiger partial charge is 0.486 e. The van der Waals surface area contributed by atoms with E-state index in [-0.39, 0.29) is 11.3 Å². The second-order valence-corrected chi connectivity index (χ2v) is 3.10. The molecule has 0 aliphatic carbocycles. The minimum atomic E-state index is -5.67. The Kier molecular flexibility index (Phi) is 3.56. The first-order chi connectivity index (χ1) is 7.78. The molecule has 0 bridgehead atoms. The summed E-state index contributed by atoms with van der Waals surface area (Å²) >= 11 is 0. The molecule has 1 aromatic carbocycles. The molecular formula is C10H6F5NO. The maximum atomic E-state index is 12.5. The second kappa shape index (κ2) is 4.57. The third-order valence-corrected chi connectivity index (χ3v) is 1.83. The van der Waals surface area contributed by atoms with Crippen molar-refractivity contribution in [1.29, 1.82) is 5.26 Å². The molecular weight excluding hydrogens is 245 g/mol. The van der Waals surface area contributed by atoms with Gasteiger partial charge in [-0.1, -0.05) is 12.1 Å². The zero-order valence-electron chi connectivity index (χ0n) is 8.26. The average Bonchev–Trinajstić information content (AvgIpc) is 2.25. The number of ether oxygens (including phenoxy) is 1. The molecule has 0 saturated carbocycles. The van der Waals surface area contributed by atoms with E-state index in [1.54, 1.807) is 6.07 Å². The fraction of sp³-hybridized carbons (Fsp3) is 0.300. The minimum absolute atomic E-state index is 0.106. The van der Waals surface area contributed by atoms with Gasteiger partial charge in [-0.25, -0.2) is 0 Å². The Morgan fingerprint density at radius 3 is 2.24 bits per heavy atom. The summed E-state index contributed by atoms with van der Waals surface area (Å²) in [5.74, 6) is -5.26. The van der Waals surface area contributed by atoms with Crippen molar-refractivity contribution in [2.45, 2.75) is 12.1 Å². The first-order valence-electron chi connectivity index (χ1n) is 4.34. The molecule has 0 radical (unpaired) electrons. The van der Waals surface area contributed by atoms with E-state index >= 15 is 0 Å². The summed E-state index contributed by atoms with van der Waals surface area (Å²) in [6.07, 6.45) is -5.67. The molecule has 0 unspecified atom stereocenters. The molecule has 1 aromatic rings. The lowest BCUT2D eigenvalue weighted by atomic mass is 10.2. The van der Waals surface area contributed by atoms with Crippen LogP contribution in [-0.4, -0.2) is 18.7 Å². The van der Waals surface area contributed by atoms with Gasteiger partial charge in [0, 0.05) is 0 Å². The van der Waals surface area contributed by atoms with Crippen LogP contribution in [0.3, 0.4) is 0 Å². The van der Waals surface area contributed by atoms with Gasteiger partial charge in [-0.05, 0) is 12.1 Å². The van der Waals surface area contributed by atoms with E-state index in [2.05, 4.69) is 4.74 Å². The summed E-state index contributed by atoms with van der Waals surface area (Å²) in [6.45, 7) is -1.85. The van der Waals surface area contributed by atoms with E-state index in [9.17, 15) is 22.0 Å². The topological polar surface area (TPSA) is 33.0 Å². The third kappa shape index (κ3) is 3.06. The number of para-hydroxylation sites is 1. The number of halogens is 5. The van der Waals surface area contributed by atoms with Crippen molar-refractivity contribution in [3.63, 3.8) is 0 Å². The van der Waals surface area contributed by atoms with Crippen molar-refractivity contribution in [2.24, 2.45) is 0 Å². The van der Waals surface area contributed by atoms with Crippen LogP contribution in [0.1, 0.15) is 5.56 Å². The predicted molar refractivity (Wildman–Crippen MR) is 47.7 cm³/mol. The summed E-state index contributed by atoms with van der Waals surface area (Å²) < 4.78 is 64.8. The first-order valence-corrected chi connectivity index (χ1v) is 4.34. The molecule has 0 spiro atoms. The van der Waals surface area contributed by atoms with Gasteiger partial charge < -0.3 is 4.74 Å². The number of nitriles is 1. The zero-order chi connectivity index (χ0) is 13.1. The van der Waals surface area contributed by atoms with Crippen molar-refractivity contribution in [3.8, 4) is 11.8 Å². The van der Waals surface area contributed by atoms with Crippen LogP contribution < -0.4 is 4.74 Å². The molecule has 0 aliphatic heterocycles. The van der Waals surface area contributed by atoms with Gasteiger partial charge in [-0.3, -0.25) is 0 Å². The predicted octanol–water partition coefficient (Wildman–Crippen LogP) is 3.13. The maximum Gasteiger partial charge on any atom is 0.456 e. The summed E-state index contributed by atoms with van der Waals surface area (Å²) in [4.78, 5) is 0. The lowest BCUT2D eigenvalue weighted by molar-refractivity contribution is -0.290. The van der Waals surface area contributed by atoms with Crippen LogP contribution in [-0.2, 0) is 0 Å².